The van der Waals surface area contributed by atoms with Crippen molar-refractivity contribution in [2.24, 2.45) is 0 Å². The van der Waals surface area contributed by atoms with E-state index < -0.39 is 11.6 Å². The van der Waals surface area contributed by atoms with Crippen molar-refractivity contribution in [3.63, 3.8) is 0 Å². The lowest BCUT2D eigenvalue weighted by Crippen LogP contribution is -2.46. The van der Waals surface area contributed by atoms with Gasteiger partial charge in [0.25, 0.3) is 0 Å². The SMILES string of the molecule is CC(C)(C)N(C(=O)O)c1ncccc1C=O. The van der Waals surface area contributed by atoms with Crippen molar-refractivity contribution in [3.05, 3.63) is 23.9 Å². The number of amides is 1. The summed E-state index contributed by atoms with van der Waals surface area (Å²) in [7, 11) is 0. The molecular weight excluding hydrogens is 208 g/mol. The third-order valence-electron chi connectivity index (χ3n) is 2.02. The molecule has 0 saturated carbocycles. The first-order valence-electron chi connectivity index (χ1n) is 4.81. The number of hydrogen-bond acceptors (Lipinski definition) is 3. The van der Waals surface area contributed by atoms with E-state index in [1.54, 1.807) is 26.8 Å². The number of rotatable bonds is 2. The van der Waals surface area contributed by atoms with Crippen LogP contribution in [0.5, 0.6) is 0 Å². The van der Waals surface area contributed by atoms with Gasteiger partial charge in [-0.3, -0.25) is 9.69 Å². The van der Waals surface area contributed by atoms with E-state index in [9.17, 15) is 9.59 Å². The fourth-order valence-electron chi connectivity index (χ4n) is 1.38. The molecule has 5 nitrogen and oxygen atoms in total. The topological polar surface area (TPSA) is 70.5 Å². The molecule has 1 amide bonds. The van der Waals surface area contributed by atoms with Gasteiger partial charge in [-0.2, -0.15) is 0 Å². The van der Waals surface area contributed by atoms with Gasteiger partial charge in [-0.15, -0.1) is 0 Å². The minimum absolute atomic E-state index is 0.164. The molecule has 1 heterocycles. The molecule has 1 N–H and O–H groups in total. The maximum atomic E-state index is 11.2. The Bertz CT molecular complexity index is 410. The zero-order valence-electron chi connectivity index (χ0n) is 9.47. The fraction of sp³-hybridized carbons (Fsp3) is 0.364. The van der Waals surface area contributed by atoms with Gasteiger partial charge in [0.05, 0.1) is 5.56 Å². The van der Waals surface area contributed by atoms with Crippen molar-refractivity contribution in [2.75, 3.05) is 4.90 Å². The van der Waals surface area contributed by atoms with Gasteiger partial charge in [0, 0.05) is 11.7 Å². The van der Waals surface area contributed by atoms with Crippen LogP contribution in [0.2, 0.25) is 0 Å². The van der Waals surface area contributed by atoms with Crippen LogP contribution in [0.1, 0.15) is 31.1 Å². The molecule has 0 radical (unpaired) electrons. The average molecular weight is 222 g/mol. The Morgan fingerprint density at radius 3 is 2.56 bits per heavy atom. The van der Waals surface area contributed by atoms with Crippen molar-refractivity contribution in [1.29, 1.82) is 0 Å². The summed E-state index contributed by atoms with van der Waals surface area (Å²) in [4.78, 5) is 27.0. The highest BCUT2D eigenvalue weighted by Gasteiger charge is 2.30. The quantitative estimate of drug-likeness (QED) is 0.778. The van der Waals surface area contributed by atoms with Gasteiger partial charge < -0.3 is 5.11 Å². The van der Waals surface area contributed by atoms with Crippen molar-refractivity contribution in [3.8, 4) is 0 Å². The zero-order chi connectivity index (χ0) is 12.3. The number of nitrogens with zero attached hydrogens (tertiary/aromatic N) is 2. The van der Waals surface area contributed by atoms with E-state index in [0.29, 0.717) is 6.29 Å². The van der Waals surface area contributed by atoms with Gasteiger partial charge in [0.15, 0.2) is 6.29 Å². The standard InChI is InChI=1S/C11H14N2O3/c1-11(2,3)13(10(15)16)9-8(7-14)5-4-6-12-9/h4-7H,1-3H3,(H,15,16). The van der Waals surface area contributed by atoms with Gasteiger partial charge in [0.2, 0.25) is 0 Å². The van der Waals surface area contributed by atoms with E-state index in [1.165, 1.54) is 12.3 Å². The molecule has 86 valence electrons. The monoisotopic (exact) mass is 222 g/mol. The highest BCUT2D eigenvalue weighted by molar-refractivity contribution is 5.93. The van der Waals surface area contributed by atoms with Crippen LogP contribution < -0.4 is 4.90 Å². The maximum Gasteiger partial charge on any atom is 0.413 e. The predicted octanol–water partition coefficient (Wildman–Crippen LogP) is 2.18. The van der Waals surface area contributed by atoms with Crippen molar-refractivity contribution >= 4 is 18.2 Å². The van der Waals surface area contributed by atoms with Crippen LogP contribution in [0.15, 0.2) is 18.3 Å². The highest BCUT2D eigenvalue weighted by atomic mass is 16.4. The van der Waals surface area contributed by atoms with Gasteiger partial charge in [-0.05, 0) is 32.9 Å². The molecule has 0 fully saturated rings. The number of carbonyl (C=O) groups excluding carboxylic acids is 1. The Morgan fingerprint density at radius 1 is 1.50 bits per heavy atom. The third-order valence-corrected chi connectivity index (χ3v) is 2.02. The highest BCUT2D eigenvalue weighted by Crippen LogP contribution is 2.24. The number of carbonyl (C=O) groups is 2. The van der Waals surface area contributed by atoms with Crippen LogP contribution >= 0.6 is 0 Å². The number of hydrogen-bond donors (Lipinski definition) is 1. The Balaban J connectivity index is 3.32. The Hall–Kier alpha value is -1.91. The molecule has 1 rings (SSSR count). The molecule has 16 heavy (non-hydrogen) atoms. The number of aldehydes is 1. The Kier molecular flexibility index (Phi) is 3.27. The molecule has 1 aromatic heterocycles. The van der Waals surface area contributed by atoms with Crippen LogP contribution in [-0.4, -0.2) is 28.0 Å². The van der Waals surface area contributed by atoms with Crippen molar-refractivity contribution in [2.45, 2.75) is 26.3 Å². The first kappa shape index (κ1) is 12.2. The second kappa shape index (κ2) is 4.30. The minimum atomic E-state index is -1.13. The number of carboxylic acid groups (broad SMARTS) is 1. The number of aromatic nitrogens is 1. The van der Waals surface area contributed by atoms with Gasteiger partial charge >= 0.3 is 6.09 Å². The fourth-order valence-corrected chi connectivity index (χ4v) is 1.38. The summed E-state index contributed by atoms with van der Waals surface area (Å²) in [6.45, 7) is 5.22. The lowest BCUT2D eigenvalue weighted by Gasteiger charge is -2.32. The van der Waals surface area contributed by atoms with Gasteiger partial charge in [-0.1, -0.05) is 0 Å². The molecule has 0 aliphatic heterocycles. The van der Waals surface area contributed by atoms with E-state index in [0.717, 1.165) is 4.90 Å². The average Bonchev–Trinajstić information content (AvgIpc) is 2.15. The summed E-state index contributed by atoms with van der Waals surface area (Å²) in [5.41, 5.74) is -0.391. The lowest BCUT2D eigenvalue weighted by atomic mass is 10.1. The predicted molar refractivity (Wildman–Crippen MR) is 59.9 cm³/mol. The molecule has 0 aromatic carbocycles. The molecule has 0 bridgehead atoms. The minimum Gasteiger partial charge on any atom is -0.465 e. The van der Waals surface area contributed by atoms with Crippen LogP contribution in [0.4, 0.5) is 10.6 Å². The molecule has 0 saturated heterocycles. The zero-order valence-corrected chi connectivity index (χ0v) is 9.47. The van der Waals surface area contributed by atoms with Crippen LogP contribution in [0, 0.1) is 0 Å². The molecule has 0 aliphatic carbocycles. The smallest absolute Gasteiger partial charge is 0.413 e. The van der Waals surface area contributed by atoms with Crippen molar-refractivity contribution < 1.29 is 14.7 Å². The molecule has 5 heteroatoms. The van der Waals surface area contributed by atoms with Crippen molar-refractivity contribution in [1.82, 2.24) is 4.98 Å². The summed E-state index contributed by atoms with van der Waals surface area (Å²) in [5, 5.41) is 9.15. The van der Waals surface area contributed by atoms with E-state index in [2.05, 4.69) is 4.98 Å². The first-order valence-corrected chi connectivity index (χ1v) is 4.81. The Morgan fingerprint density at radius 2 is 2.12 bits per heavy atom. The van der Waals surface area contributed by atoms with E-state index in [1.807, 2.05) is 0 Å². The van der Waals surface area contributed by atoms with Crippen LogP contribution in [0.25, 0.3) is 0 Å². The molecule has 0 spiro atoms. The lowest BCUT2D eigenvalue weighted by molar-refractivity contribution is 0.112. The molecule has 0 atom stereocenters. The summed E-state index contributed by atoms with van der Waals surface area (Å²) >= 11 is 0. The Labute approximate surface area is 93.7 Å². The first-order chi connectivity index (χ1) is 7.38. The summed E-state index contributed by atoms with van der Waals surface area (Å²) in [5.74, 6) is 0.164. The van der Waals surface area contributed by atoms with E-state index in [4.69, 9.17) is 5.11 Å². The maximum absolute atomic E-state index is 11.2. The summed E-state index contributed by atoms with van der Waals surface area (Å²) in [6.07, 6.45) is 0.933. The number of anilines is 1. The van der Waals surface area contributed by atoms with Gasteiger partial charge in [0.1, 0.15) is 5.82 Å². The number of pyridine rings is 1. The summed E-state index contributed by atoms with van der Waals surface area (Å²) < 4.78 is 0. The molecular formula is C11H14N2O3. The van der Waals surface area contributed by atoms with Gasteiger partial charge in [-0.25, -0.2) is 9.78 Å². The van der Waals surface area contributed by atoms with Crippen LogP contribution in [0.3, 0.4) is 0 Å². The molecule has 1 aromatic rings. The molecule has 0 aliphatic rings. The second-order valence-electron chi connectivity index (χ2n) is 4.32. The normalized spacial score (nSPS) is 10.9. The molecule has 0 unspecified atom stereocenters. The summed E-state index contributed by atoms with van der Waals surface area (Å²) in [6, 6.07) is 3.13. The second-order valence-corrected chi connectivity index (χ2v) is 4.32. The van der Waals surface area contributed by atoms with Crippen LogP contribution in [-0.2, 0) is 0 Å². The van der Waals surface area contributed by atoms with E-state index in [-0.39, 0.29) is 11.4 Å². The van der Waals surface area contributed by atoms with E-state index >= 15 is 0 Å². The largest absolute Gasteiger partial charge is 0.465 e. The third kappa shape index (κ3) is 2.36.